The van der Waals surface area contributed by atoms with Crippen molar-refractivity contribution in [3.63, 3.8) is 0 Å². The molecule has 0 spiro atoms. The maximum atomic E-state index is 14.5. The molecule has 1 aromatic heterocycles. The van der Waals surface area contributed by atoms with Crippen molar-refractivity contribution in [2.24, 2.45) is 0 Å². The van der Waals surface area contributed by atoms with Gasteiger partial charge in [0.25, 0.3) is 0 Å². The quantitative estimate of drug-likeness (QED) is 0.0229. The molecule has 4 aliphatic heterocycles. The predicted octanol–water partition coefficient (Wildman–Crippen LogP) is 6.04. The summed E-state index contributed by atoms with van der Waals surface area (Å²) < 4.78 is 59.9. The molecule has 10 rings (SSSR count). The van der Waals surface area contributed by atoms with E-state index in [0.717, 1.165) is 36.1 Å². The van der Waals surface area contributed by atoms with E-state index in [1.54, 1.807) is 79.9 Å². The fourth-order valence-corrected chi connectivity index (χ4v) is 15.4. The molecule has 20 nitrogen and oxygen atoms in total. The zero-order valence-electron chi connectivity index (χ0n) is 47.0. The number of sulfonamides is 1. The minimum atomic E-state index is -4.31. The maximum absolute atomic E-state index is 14.5. The second kappa shape index (κ2) is 26.6. The van der Waals surface area contributed by atoms with E-state index in [0.29, 0.717) is 70.8 Å². The first kappa shape index (κ1) is 60.4. The Morgan fingerprint density at radius 2 is 1.52 bits per heavy atom. The van der Waals surface area contributed by atoms with Gasteiger partial charge in [-0.1, -0.05) is 91.7 Å². The maximum Gasteiger partial charge on any atom is 0.315 e. The number of nitrogens with one attached hydrogen (secondary N) is 5. The van der Waals surface area contributed by atoms with Gasteiger partial charge in [0.2, 0.25) is 37.6 Å². The average Bonchev–Trinajstić information content (AvgIpc) is 4.32. The Bertz CT molecular complexity index is 3550. The van der Waals surface area contributed by atoms with Crippen LogP contribution in [0.2, 0.25) is 0 Å². The Morgan fingerprint density at radius 3 is 2.27 bits per heavy atom. The van der Waals surface area contributed by atoms with Crippen molar-refractivity contribution >= 4 is 77.6 Å². The molecule has 4 aliphatic rings. The van der Waals surface area contributed by atoms with Crippen LogP contribution in [0.4, 0.5) is 10.5 Å². The zero-order chi connectivity index (χ0) is 59.0. The van der Waals surface area contributed by atoms with Crippen molar-refractivity contribution in [3.8, 4) is 0 Å². The number of rotatable bonds is 24. The summed E-state index contributed by atoms with van der Waals surface area (Å²) >= 11 is 1.86. The normalized spacial score (nSPS) is 19.9. The van der Waals surface area contributed by atoms with Gasteiger partial charge in [0.05, 0.1) is 51.7 Å². The predicted molar refractivity (Wildman–Crippen MR) is 317 cm³/mol. The topological polar surface area (TPSA) is 271 Å². The van der Waals surface area contributed by atoms with Crippen LogP contribution in [0.5, 0.6) is 0 Å². The lowest BCUT2D eigenvalue weighted by molar-refractivity contribution is -0.129. The molecule has 6 aromatic rings. The Hall–Kier alpha value is -7.18. The van der Waals surface area contributed by atoms with E-state index in [4.69, 9.17) is 0 Å². The number of nitrogens with zero attached hydrogens (tertiary/aromatic N) is 5. The molecule has 5 amide bonds. The number of ketones is 1. The highest BCUT2D eigenvalue weighted by Crippen LogP contribution is 2.38. The molecular weight excluding hydrogens is 1120 g/mol. The molecule has 2 fully saturated rings. The van der Waals surface area contributed by atoms with Crippen LogP contribution in [0.3, 0.4) is 0 Å². The molecule has 440 valence electrons. The largest absolute Gasteiger partial charge is 0.390 e. The lowest BCUT2D eigenvalue weighted by Crippen LogP contribution is -2.47. The number of hydrogen-bond donors (Lipinski definition) is 6. The highest BCUT2D eigenvalue weighted by atomic mass is 32.2. The molecule has 83 heavy (non-hydrogen) atoms. The second-order valence-electron chi connectivity index (χ2n) is 21.9. The minimum Gasteiger partial charge on any atom is -0.390 e. The molecule has 2 unspecified atom stereocenters. The summed E-state index contributed by atoms with van der Waals surface area (Å²) in [4.78, 5) is 66.7. The molecule has 5 aromatic carbocycles. The third-order valence-electron chi connectivity index (χ3n) is 15.7. The Kier molecular flexibility index (Phi) is 19.4. The van der Waals surface area contributed by atoms with Gasteiger partial charge in [-0.2, -0.15) is 16.1 Å². The van der Waals surface area contributed by atoms with E-state index in [2.05, 4.69) is 36.9 Å². The highest BCUT2D eigenvalue weighted by Gasteiger charge is 2.42. The van der Waals surface area contributed by atoms with Crippen molar-refractivity contribution in [1.82, 2.24) is 45.9 Å². The molecule has 7 atom stereocenters. The van der Waals surface area contributed by atoms with E-state index in [1.165, 1.54) is 33.3 Å². The number of urea groups is 1. The summed E-state index contributed by atoms with van der Waals surface area (Å²) in [6, 6.07) is 28.1. The van der Waals surface area contributed by atoms with Crippen molar-refractivity contribution in [3.05, 3.63) is 143 Å². The van der Waals surface area contributed by atoms with Crippen LogP contribution in [0.25, 0.3) is 10.8 Å². The van der Waals surface area contributed by atoms with Crippen molar-refractivity contribution in [2.75, 3.05) is 44.4 Å². The van der Waals surface area contributed by atoms with E-state index < -0.39 is 49.9 Å². The Morgan fingerprint density at radius 1 is 0.807 bits per heavy atom. The average molecular weight is 1190 g/mol. The second-order valence-corrected chi connectivity index (χ2v) is 27.1. The first-order valence-electron chi connectivity index (χ1n) is 28.2. The van der Waals surface area contributed by atoms with E-state index in [9.17, 15) is 45.9 Å². The number of aliphatic hydroxyl groups is 1. The number of amides is 5. The van der Waals surface area contributed by atoms with Gasteiger partial charge in [-0.15, -0.1) is 5.10 Å². The van der Waals surface area contributed by atoms with Gasteiger partial charge in [0, 0.05) is 91.6 Å². The summed E-state index contributed by atoms with van der Waals surface area (Å²) in [5.74, 6) is -0.573. The third kappa shape index (κ3) is 14.4. The molecule has 5 heterocycles. The molecule has 6 N–H and O–H groups in total. The molecular formula is C60H72N10O10S3. The summed E-state index contributed by atoms with van der Waals surface area (Å²) in [5.41, 5.74) is 3.49. The number of aromatic nitrogens is 3. The SMILES string of the molecule is CC1CN(CC(O)[C@H](C)n2cc(CNC(=O)[C@H](Cc3ccc(C(=O)c4ccccc4)cc3)NC(=O)CCCCCNC(=O)CCCC[C@@H]3SC[C@@H]4NC(=O)N[C@@H]43)nn2)S(=O)(=O)c2ccc(cc2)S(=O)(=O)c2cccc3c(N(C)C)cc1cc23. The number of sulfone groups is 1. The van der Waals surface area contributed by atoms with Crippen LogP contribution in [-0.2, 0) is 47.2 Å². The van der Waals surface area contributed by atoms with Crippen LogP contribution in [-0.4, -0.2) is 140 Å². The van der Waals surface area contributed by atoms with E-state index in [1.807, 2.05) is 55.9 Å². The van der Waals surface area contributed by atoms with Gasteiger partial charge in [-0.25, -0.2) is 26.3 Å². The van der Waals surface area contributed by atoms with Crippen LogP contribution in [0.15, 0.2) is 130 Å². The summed E-state index contributed by atoms with van der Waals surface area (Å²) in [6.07, 6.45) is 5.35. The van der Waals surface area contributed by atoms with Crippen LogP contribution < -0.4 is 31.5 Å². The zero-order valence-corrected chi connectivity index (χ0v) is 49.4. The van der Waals surface area contributed by atoms with E-state index in [-0.39, 0.29) is 82.9 Å². The fraction of sp³-hybridized carbons (Fsp3) is 0.417. The van der Waals surface area contributed by atoms with Crippen LogP contribution >= 0.6 is 11.8 Å². The summed E-state index contributed by atoms with van der Waals surface area (Å²) in [6.45, 7) is 3.48. The molecule has 0 radical (unpaired) electrons. The number of carbonyl (C=O) groups is 5. The molecule has 2 saturated heterocycles. The van der Waals surface area contributed by atoms with Crippen LogP contribution in [0, 0.1) is 0 Å². The minimum absolute atomic E-state index is 0.0190. The van der Waals surface area contributed by atoms with Gasteiger partial charge in [0.15, 0.2) is 5.78 Å². The number of thioether (sulfide) groups is 1. The number of unbranched alkanes of at least 4 members (excludes halogenated alkanes) is 3. The standard InChI is InChI=1S/C60H72N10O10S3/c1-38-34-69(83(79,80)46-27-25-45(26-28-46)82(77,78)54-18-13-16-47-48(54)31-43(38)32-51(47)68(3)4)36-52(71)39(2)70-35-44(66-67-70)33-62-59(75)49(30-40-21-23-42(24-22-40)58(74)41-14-7-5-8-15-41)63-56(73)20-9-6-12-29-61-55(72)19-11-10-17-53-57-50(37-81-53)64-60(76)65-57/h5,7-8,13-16,18,21-28,31-32,35,38-39,49-50,52-53,57,71H,6,9-12,17,19-20,29-30,33-34,36-37H2,1-4H3,(H,61,72)(H,62,75)(H,63,73)(H2,64,65,76)/t38?,39-,49-,50-,52?,53-,57-/m0/s1. The van der Waals surface area contributed by atoms with Crippen LogP contribution in [0.1, 0.15) is 110 Å². The summed E-state index contributed by atoms with van der Waals surface area (Å²) in [5, 5.41) is 36.6. The summed E-state index contributed by atoms with van der Waals surface area (Å²) in [7, 11) is -4.67. The number of carbonyl (C=O) groups excluding carboxylic acids is 5. The van der Waals surface area contributed by atoms with Gasteiger partial charge < -0.3 is 36.6 Å². The Labute approximate surface area is 488 Å². The van der Waals surface area contributed by atoms with Gasteiger partial charge >= 0.3 is 6.03 Å². The van der Waals surface area contributed by atoms with Crippen molar-refractivity contribution in [1.29, 1.82) is 0 Å². The number of fused-ring (bicyclic) bond motifs is 6. The monoisotopic (exact) mass is 1190 g/mol. The van der Waals surface area contributed by atoms with Crippen molar-refractivity contribution < 1.29 is 45.9 Å². The molecule has 0 aliphatic carbocycles. The fourth-order valence-electron chi connectivity index (χ4n) is 10.9. The number of anilines is 1. The van der Waals surface area contributed by atoms with E-state index >= 15 is 0 Å². The third-order valence-corrected chi connectivity index (χ3v) is 20.9. The molecule has 4 bridgehead atoms. The lowest BCUT2D eigenvalue weighted by atomic mass is 9.96. The molecule has 23 heteroatoms. The first-order chi connectivity index (χ1) is 39.8. The highest BCUT2D eigenvalue weighted by molar-refractivity contribution is 8.00. The Balaban J connectivity index is 0.809. The number of aliphatic hydroxyl groups excluding tert-OH is 1. The first-order valence-corrected chi connectivity index (χ1v) is 32.1. The lowest BCUT2D eigenvalue weighted by Gasteiger charge is -2.30. The number of benzene rings is 5. The van der Waals surface area contributed by atoms with Gasteiger partial charge in [-0.3, -0.25) is 19.2 Å². The number of hydrogen-bond acceptors (Lipinski definition) is 14. The molecule has 0 saturated carbocycles. The van der Waals surface area contributed by atoms with Crippen molar-refractivity contribution in [2.45, 2.75) is 134 Å². The van der Waals surface area contributed by atoms with Gasteiger partial charge in [-0.05, 0) is 92.1 Å². The smallest absolute Gasteiger partial charge is 0.315 e. The van der Waals surface area contributed by atoms with Gasteiger partial charge in [0.1, 0.15) is 11.7 Å².